The Hall–Kier alpha value is -2.34. The number of anilines is 1. The van der Waals surface area contributed by atoms with E-state index in [2.05, 4.69) is 29.6 Å². The van der Waals surface area contributed by atoms with E-state index in [1.54, 1.807) is 11.8 Å². The minimum absolute atomic E-state index is 0.0280. The second kappa shape index (κ2) is 8.67. The highest BCUT2D eigenvalue weighted by molar-refractivity contribution is 5.89. The van der Waals surface area contributed by atoms with Gasteiger partial charge in [-0.3, -0.25) is 5.32 Å². The lowest BCUT2D eigenvalue weighted by Crippen LogP contribution is -2.37. The number of aryl methyl sites for hydroxylation is 1. The van der Waals surface area contributed by atoms with Crippen LogP contribution in [0.15, 0.2) is 30.3 Å². The zero-order valence-electron chi connectivity index (χ0n) is 15.7. The van der Waals surface area contributed by atoms with Crippen molar-refractivity contribution in [1.82, 2.24) is 15.1 Å². The van der Waals surface area contributed by atoms with Gasteiger partial charge in [-0.1, -0.05) is 31.5 Å². The van der Waals surface area contributed by atoms with Gasteiger partial charge in [-0.2, -0.15) is 5.10 Å². The summed E-state index contributed by atoms with van der Waals surface area (Å²) in [5, 5.41) is 10.5. The van der Waals surface area contributed by atoms with E-state index in [-0.39, 0.29) is 18.0 Å². The molecule has 136 valence electrons. The van der Waals surface area contributed by atoms with Gasteiger partial charge in [0.2, 0.25) is 0 Å². The Morgan fingerprint density at radius 3 is 2.52 bits per heavy atom. The first-order valence-corrected chi connectivity index (χ1v) is 8.64. The topological polar surface area (TPSA) is 68.2 Å². The monoisotopic (exact) mass is 344 g/mol. The molecule has 25 heavy (non-hydrogen) atoms. The van der Waals surface area contributed by atoms with E-state index in [9.17, 15) is 4.79 Å². The third-order valence-electron chi connectivity index (χ3n) is 3.97. The molecule has 0 saturated carbocycles. The van der Waals surface area contributed by atoms with Gasteiger partial charge in [0, 0.05) is 25.8 Å². The summed E-state index contributed by atoms with van der Waals surface area (Å²) in [6.07, 6.45) is 0.762. The highest BCUT2D eigenvalue weighted by atomic mass is 16.5. The van der Waals surface area contributed by atoms with Gasteiger partial charge in [-0.25, -0.2) is 9.48 Å². The Kier molecular flexibility index (Phi) is 6.58. The first-order valence-electron chi connectivity index (χ1n) is 8.64. The van der Waals surface area contributed by atoms with Crippen LogP contribution in [0.4, 0.5) is 10.6 Å². The summed E-state index contributed by atoms with van der Waals surface area (Å²) >= 11 is 0. The quantitative estimate of drug-likeness (QED) is 0.801. The van der Waals surface area contributed by atoms with Crippen molar-refractivity contribution in [3.8, 4) is 5.69 Å². The van der Waals surface area contributed by atoms with Gasteiger partial charge >= 0.3 is 6.03 Å². The fourth-order valence-electron chi connectivity index (χ4n) is 2.40. The third kappa shape index (κ3) is 5.32. The lowest BCUT2D eigenvalue weighted by Gasteiger charge is -2.15. The van der Waals surface area contributed by atoms with E-state index in [0.717, 1.165) is 17.8 Å². The number of carbonyl (C=O) groups is 1. The zero-order chi connectivity index (χ0) is 18.4. The van der Waals surface area contributed by atoms with Crippen molar-refractivity contribution in [3.63, 3.8) is 0 Å². The van der Waals surface area contributed by atoms with E-state index >= 15 is 0 Å². The maximum atomic E-state index is 12.3. The van der Waals surface area contributed by atoms with E-state index < -0.39 is 0 Å². The average molecular weight is 344 g/mol. The summed E-state index contributed by atoms with van der Waals surface area (Å²) in [4.78, 5) is 12.3. The molecule has 1 aromatic carbocycles. The average Bonchev–Trinajstić information content (AvgIpc) is 2.97. The minimum Gasteiger partial charge on any atom is -0.385 e. The Morgan fingerprint density at radius 2 is 1.92 bits per heavy atom. The van der Waals surface area contributed by atoms with Crippen molar-refractivity contribution >= 4 is 11.8 Å². The molecule has 2 N–H and O–H groups in total. The predicted octanol–water partition coefficient (Wildman–Crippen LogP) is 3.85. The third-order valence-corrected chi connectivity index (χ3v) is 3.97. The van der Waals surface area contributed by atoms with Crippen molar-refractivity contribution in [1.29, 1.82) is 0 Å². The van der Waals surface area contributed by atoms with Gasteiger partial charge < -0.3 is 10.1 Å². The number of amides is 2. The molecule has 0 unspecified atom stereocenters. The molecule has 0 saturated heterocycles. The molecule has 1 heterocycles. The second-order valence-corrected chi connectivity index (χ2v) is 6.64. The molecule has 0 spiro atoms. The number of benzene rings is 1. The smallest absolute Gasteiger partial charge is 0.320 e. The maximum Gasteiger partial charge on any atom is 0.320 e. The van der Waals surface area contributed by atoms with Crippen molar-refractivity contribution in [2.24, 2.45) is 0 Å². The van der Waals surface area contributed by atoms with Gasteiger partial charge in [0.05, 0.1) is 11.4 Å². The predicted molar refractivity (Wildman–Crippen MR) is 100 cm³/mol. The van der Waals surface area contributed by atoms with Crippen LogP contribution < -0.4 is 10.6 Å². The summed E-state index contributed by atoms with van der Waals surface area (Å²) in [7, 11) is 1.65. The van der Waals surface area contributed by atoms with Gasteiger partial charge in [0.1, 0.15) is 5.82 Å². The molecule has 6 nitrogen and oxygen atoms in total. The van der Waals surface area contributed by atoms with Crippen LogP contribution in [-0.2, 0) is 4.74 Å². The molecular weight excluding hydrogens is 316 g/mol. The first-order chi connectivity index (χ1) is 11.9. The Balaban J connectivity index is 2.18. The summed E-state index contributed by atoms with van der Waals surface area (Å²) < 4.78 is 6.81. The Morgan fingerprint density at radius 1 is 1.24 bits per heavy atom. The molecule has 0 aliphatic heterocycles. The molecule has 2 amide bonds. The van der Waals surface area contributed by atoms with E-state index in [4.69, 9.17) is 4.74 Å². The van der Waals surface area contributed by atoms with Gasteiger partial charge in [-0.05, 0) is 38.3 Å². The molecule has 1 aromatic heterocycles. The van der Waals surface area contributed by atoms with Crippen LogP contribution in [0.5, 0.6) is 0 Å². The lowest BCUT2D eigenvalue weighted by molar-refractivity contribution is 0.185. The normalized spacial score (nSPS) is 12.2. The molecule has 2 rings (SSSR count). The number of urea groups is 1. The number of carbonyl (C=O) groups excluding carboxylic acids is 1. The molecule has 2 aromatic rings. The molecule has 1 atom stereocenters. The summed E-state index contributed by atoms with van der Waals surface area (Å²) in [6, 6.07) is 9.76. The highest BCUT2D eigenvalue weighted by Crippen LogP contribution is 2.22. The number of hydrogen-bond acceptors (Lipinski definition) is 3. The van der Waals surface area contributed by atoms with E-state index in [0.29, 0.717) is 12.4 Å². The summed E-state index contributed by atoms with van der Waals surface area (Å²) in [6.45, 7) is 8.77. The highest BCUT2D eigenvalue weighted by Gasteiger charge is 2.15. The molecular formula is C19H28N4O2. The molecule has 0 radical (unpaired) electrons. The zero-order valence-corrected chi connectivity index (χ0v) is 15.7. The SMILES string of the molecule is COCC[C@H](C)NC(=O)Nc1cc(C(C)C)nn1-c1ccc(C)cc1. The van der Waals surface area contributed by atoms with Crippen molar-refractivity contribution in [2.75, 3.05) is 19.0 Å². The maximum absolute atomic E-state index is 12.3. The fraction of sp³-hybridized carbons (Fsp3) is 0.474. The molecule has 0 bridgehead atoms. The van der Waals surface area contributed by atoms with Crippen molar-refractivity contribution in [3.05, 3.63) is 41.6 Å². The van der Waals surface area contributed by atoms with Crippen LogP contribution in [0.25, 0.3) is 5.69 Å². The van der Waals surface area contributed by atoms with E-state index in [1.807, 2.05) is 44.2 Å². The molecule has 0 fully saturated rings. The second-order valence-electron chi connectivity index (χ2n) is 6.64. The summed E-state index contributed by atoms with van der Waals surface area (Å²) in [5.74, 6) is 0.930. The van der Waals surface area contributed by atoms with Crippen molar-refractivity contribution < 1.29 is 9.53 Å². The van der Waals surface area contributed by atoms with Crippen molar-refractivity contribution in [2.45, 2.75) is 46.1 Å². The van der Waals surface area contributed by atoms with Gasteiger partial charge in [0.25, 0.3) is 0 Å². The fourth-order valence-corrected chi connectivity index (χ4v) is 2.40. The molecule has 0 aliphatic rings. The standard InChI is InChI=1S/C19H28N4O2/c1-13(2)17-12-18(21-19(24)20-15(4)10-11-25-5)23(22-17)16-8-6-14(3)7-9-16/h6-9,12-13,15H,10-11H2,1-5H3,(H2,20,21,24)/t15-/m0/s1. The first kappa shape index (κ1) is 19.0. The van der Waals surface area contributed by atoms with Gasteiger partial charge in [0.15, 0.2) is 0 Å². The summed E-state index contributed by atoms with van der Waals surface area (Å²) in [5.41, 5.74) is 3.03. The number of methoxy groups -OCH3 is 1. The van der Waals surface area contributed by atoms with Gasteiger partial charge in [-0.15, -0.1) is 0 Å². The minimum atomic E-state index is -0.243. The van der Waals surface area contributed by atoms with Crippen LogP contribution in [0.3, 0.4) is 0 Å². The number of ether oxygens (including phenoxy) is 1. The number of rotatable bonds is 7. The van der Waals surface area contributed by atoms with E-state index in [1.165, 1.54) is 5.56 Å². The number of hydrogen-bond donors (Lipinski definition) is 2. The van der Waals surface area contributed by atoms with Crippen LogP contribution in [0.1, 0.15) is 44.4 Å². The largest absolute Gasteiger partial charge is 0.385 e. The molecule has 0 aliphatic carbocycles. The lowest BCUT2D eigenvalue weighted by atomic mass is 10.1. The van der Waals surface area contributed by atoms with Crippen LogP contribution in [0.2, 0.25) is 0 Å². The Bertz CT molecular complexity index is 692. The number of nitrogens with zero attached hydrogens (tertiary/aromatic N) is 2. The Labute approximate surface area is 149 Å². The van der Waals surface area contributed by atoms with Crippen LogP contribution in [-0.4, -0.2) is 35.6 Å². The number of aromatic nitrogens is 2. The van der Waals surface area contributed by atoms with Crippen LogP contribution >= 0.6 is 0 Å². The van der Waals surface area contributed by atoms with Crippen LogP contribution in [0, 0.1) is 6.92 Å². The molecule has 6 heteroatoms. The number of nitrogens with one attached hydrogen (secondary N) is 2.